The maximum Gasteiger partial charge on any atom is 0.349 e. The fourth-order valence-electron chi connectivity index (χ4n) is 1.71. The van der Waals surface area contributed by atoms with Gasteiger partial charge in [-0.05, 0) is 42.8 Å². The normalized spacial score (nSPS) is 10.1. The smallest absolute Gasteiger partial charge is 0.349 e. The summed E-state index contributed by atoms with van der Waals surface area (Å²) in [6, 6.07) is 9.03. The van der Waals surface area contributed by atoms with Gasteiger partial charge in [0.25, 0.3) is 5.69 Å². The minimum absolute atomic E-state index is 0.0991. The first-order chi connectivity index (χ1) is 10.5. The van der Waals surface area contributed by atoms with Gasteiger partial charge in [-0.3, -0.25) is 10.1 Å². The van der Waals surface area contributed by atoms with E-state index in [1.807, 2.05) is 0 Å². The zero-order chi connectivity index (χ0) is 16.1. The van der Waals surface area contributed by atoms with Crippen molar-refractivity contribution in [3.05, 3.63) is 64.0 Å². The highest BCUT2D eigenvalue weighted by molar-refractivity contribution is 5.74. The molecule has 0 aromatic heterocycles. The average Bonchev–Trinajstić information content (AvgIpc) is 2.47. The van der Waals surface area contributed by atoms with Crippen molar-refractivity contribution in [3.63, 3.8) is 0 Å². The molecule has 0 bridgehead atoms. The van der Waals surface area contributed by atoms with Gasteiger partial charge in [-0.15, -0.1) is 0 Å². The first-order valence-electron chi connectivity index (χ1n) is 6.30. The van der Waals surface area contributed by atoms with Gasteiger partial charge in [0, 0.05) is 12.1 Å². The topological polar surface area (TPSA) is 78.7 Å². The summed E-state index contributed by atoms with van der Waals surface area (Å²) in [5.74, 6) is -0.507. The predicted octanol–water partition coefficient (Wildman–Crippen LogP) is 3.03. The Labute approximate surface area is 125 Å². The van der Waals surface area contributed by atoms with E-state index in [1.165, 1.54) is 42.5 Å². The minimum atomic E-state index is -0.669. The number of aryl methyl sites for hydroxylation is 1. The first-order valence-corrected chi connectivity index (χ1v) is 6.30. The van der Waals surface area contributed by atoms with Gasteiger partial charge in [0.2, 0.25) is 0 Å². The molecular weight excluding hydrogens is 293 g/mol. The van der Waals surface area contributed by atoms with Crippen molar-refractivity contribution in [3.8, 4) is 11.5 Å². The number of halogens is 1. The van der Waals surface area contributed by atoms with Crippen LogP contribution in [-0.4, -0.2) is 17.5 Å². The van der Waals surface area contributed by atoms with Crippen LogP contribution in [0, 0.1) is 22.9 Å². The molecule has 0 heterocycles. The lowest BCUT2D eigenvalue weighted by Crippen LogP contribution is -2.18. The average molecular weight is 305 g/mol. The summed E-state index contributed by atoms with van der Waals surface area (Å²) in [5.41, 5.74) is 0.459. The van der Waals surface area contributed by atoms with E-state index in [0.717, 1.165) is 0 Å². The molecule has 0 saturated carbocycles. The molecular formula is C15H12FNO5. The molecule has 0 unspecified atom stereocenters. The number of nitro benzene ring substituents is 1. The van der Waals surface area contributed by atoms with Gasteiger partial charge >= 0.3 is 5.97 Å². The molecule has 0 aliphatic carbocycles. The number of carbonyl (C=O) groups excluding carboxylic acids is 1. The Balaban J connectivity index is 1.91. The van der Waals surface area contributed by atoms with E-state index in [4.69, 9.17) is 9.47 Å². The number of esters is 1. The van der Waals surface area contributed by atoms with E-state index in [9.17, 15) is 19.3 Å². The van der Waals surface area contributed by atoms with E-state index in [0.29, 0.717) is 11.3 Å². The summed E-state index contributed by atoms with van der Waals surface area (Å²) in [6.45, 7) is 1.30. The van der Waals surface area contributed by atoms with Crippen LogP contribution < -0.4 is 9.47 Å². The summed E-state index contributed by atoms with van der Waals surface area (Å²) >= 11 is 0. The molecule has 0 N–H and O–H groups in total. The highest BCUT2D eigenvalue weighted by atomic mass is 19.1. The van der Waals surface area contributed by atoms with Crippen LogP contribution in [0.1, 0.15) is 5.56 Å². The number of hydrogen-bond donors (Lipinski definition) is 0. The standard InChI is InChI=1S/C15H12FNO5/c1-10-8-11(16)2-7-14(10)21-9-15(18)22-13-5-3-12(4-6-13)17(19)20/h2-8H,9H2,1H3. The largest absolute Gasteiger partial charge is 0.482 e. The van der Waals surface area contributed by atoms with Crippen molar-refractivity contribution >= 4 is 11.7 Å². The molecule has 0 fully saturated rings. The van der Waals surface area contributed by atoms with E-state index >= 15 is 0 Å². The second-order valence-electron chi connectivity index (χ2n) is 4.42. The van der Waals surface area contributed by atoms with Crippen LogP contribution in [0.4, 0.5) is 10.1 Å². The lowest BCUT2D eigenvalue weighted by Gasteiger charge is -2.09. The summed E-state index contributed by atoms with van der Waals surface area (Å²) in [7, 11) is 0. The third-order valence-electron chi connectivity index (χ3n) is 2.76. The zero-order valence-electron chi connectivity index (χ0n) is 11.6. The van der Waals surface area contributed by atoms with Gasteiger partial charge < -0.3 is 9.47 Å². The second-order valence-corrected chi connectivity index (χ2v) is 4.42. The van der Waals surface area contributed by atoms with Crippen molar-refractivity contribution in [2.45, 2.75) is 6.92 Å². The van der Waals surface area contributed by atoms with Gasteiger partial charge in [-0.2, -0.15) is 0 Å². The molecule has 7 heteroatoms. The van der Waals surface area contributed by atoms with E-state index in [-0.39, 0.29) is 18.0 Å². The quantitative estimate of drug-likeness (QED) is 0.367. The fraction of sp³-hybridized carbons (Fsp3) is 0.133. The molecule has 0 radical (unpaired) electrons. The number of benzene rings is 2. The lowest BCUT2D eigenvalue weighted by molar-refractivity contribution is -0.384. The molecule has 0 aliphatic rings. The van der Waals surface area contributed by atoms with Crippen LogP contribution in [0.2, 0.25) is 0 Å². The molecule has 2 rings (SSSR count). The number of non-ortho nitro benzene ring substituents is 1. The van der Waals surface area contributed by atoms with Gasteiger partial charge in [0.1, 0.15) is 17.3 Å². The number of rotatable bonds is 5. The molecule has 2 aromatic carbocycles. The van der Waals surface area contributed by atoms with E-state index < -0.39 is 16.7 Å². The molecule has 0 amide bonds. The summed E-state index contributed by atoms with van der Waals surface area (Å²) in [5, 5.41) is 10.5. The molecule has 2 aromatic rings. The monoisotopic (exact) mass is 305 g/mol. The molecule has 0 atom stereocenters. The van der Waals surface area contributed by atoms with Crippen molar-refractivity contribution < 1.29 is 23.6 Å². The number of hydrogen-bond acceptors (Lipinski definition) is 5. The summed E-state index contributed by atoms with van der Waals surface area (Å²) in [6.07, 6.45) is 0. The third-order valence-corrected chi connectivity index (χ3v) is 2.76. The summed E-state index contributed by atoms with van der Waals surface area (Å²) in [4.78, 5) is 21.6. The SMILES string of the molecule is Cc1cc(F)ccc1OCC(=O)Oc1ccc([N+](=O)[O-])cc1. The van der Waals surface area contributed by atoms with Crippen molar-refractivity contribution in [2.75, 3.05) is 6.61 Å². The van der Waals surface area contributed by atoms with Gasteiger partial charge in [-0.25, -0.2) is 9.18 Å². The second kappa shape index (κ2) is 6.66. The van der Waals surface area contributed by atoms with Gasteiger partial charge in [-0.1, -0.05) is 0 Å². The Morgan fingerprint density at radius 3 is 2.50 bits per heavy atom. The highest BCUT2D eigenvalue weighted by Gasteiger charge is 2.10. The minimum Gasteiger partial charge on any atom is -0.482 e. The Morgan fingerprint density at radius 2 is 1.91 bits per heavy atom. The van der Waals surface area contributed by atoms with Crippen molar-refractivity contribution in [1.82, 2.24) is 0 Å². The molecule has 114 valence electrons. The van der Waals surface area contributed by atoms with Crippen LogP contribution in [0.5, 0.6) is 11.5 Å². The number of nitro groups is 1. The number of carbonyl (C=O) groups is 1. The van der Waals surface area contributed by atoms with Gasteiger partial charge in [0.05, 0.1) is 4.92 Å². The van der Waals surface area contributed by atoms with E-state index in [2.05, 4.69) is 0 Å². The summed E-state index contributed by atoms with van der Waals surface area (Å²) < 4.78 is 23.1. The molecule has 6 nitrogen and oxygen atoms in total. The van der Waals surface area contributed by atoms with Crippen molar-refractivity contribution in [2.24, 2.45) is 0 Å². The van der Waals surface area contributed by atoms with Crippen LogP contribution in [-0.2, 0) is 4.79 Å². The van der Waals surface area contributed by atoms with E-state index in [1.54, 1.807) is 6.92 Å². The first kappa shape index (κ1) is 15.4. The molecule has 0 spiro atoms. The van der Waals surface area contributed by atoms with Crippen LogP contribution in [0.15, 0.2) is 42.5 Å². The van der Waals surface area contributed by atoms with Gasteiger partial charge in [0.15, 0.2) is 6.61 Å². The van der Waals surface area contributed by atoms with Crippen LogP contribution in [0.25, 0.3) is 0 Å². The van der Waals surface area contributed by atoms with Crippen LogP contribution >= 0.6 is 0 Å². The Morgan fingerprint density at radius 1 is 1.23 bits per heavy atom. The molecule has 22 heavy (non-hydrogen) atoms. The Bertz CT molecular complexity index is 700. The maximum atomic E-state index is 12.9. The van der Waals surface area contributed by atoms with Crippen molar-refractivity contribution in [1.29, 1.82) is 0 Å². The Hall–Kier alpha value is -2.96. The number of nitrogens with zero attached hydrogens (tertiary/aromatic N) is 1. The lowest BCUT2D eigenvalue weighted by atomic mass is 10.2. The molecule has 0 aliphatic heterocycles. The Kier molecular flexibility index (Phi) is 4.67. The predicted molar refractivity (Wildman–Crippen MR) is 75.4 cm³/mol. The third kappa shape index (κ3) is 4.02. The molecule has 0 saturated heterocycles. The number of ether oxygens (including phenoxy) is 2. The maximum absolute atomic E-state index is 12.9. The highest BCUT2D eigenvalue weighted by Crippen LogP contribution is 2.19. The zero-order valence-corrected chi connectivity index (χ0v) is 11.6. The van der Waals surface area contributed by atoms with Crippen LogP contribution in [0.3, 0.4) is 0 Å². The fourth-order valence-corrected chi connectivity index (χ4v) is 1.71.